The molecule has 17 heavy (non-hydrogen) atoms. The number of aryl methyl sites for hydroxylation is 1. The molecule has 0 aliphatic rings. The van der Waals surface area contributed by atoms with Crippen molar-refractivity contribution in [3.8, 4) is 0 Å². The summed E-state index contributed by atoms with van der Waals surface area (Å²) in [5.41, 5.74) is 0.383. The van der Waals surface area contributed by atoms with Crippen molar-refractivity contribution in [3.05, 3.63) is 23.1 Å². The normalized spacial score (nSPS) is 10.7. The first kappa shape index (κ1) is 11.2. The Morgan fingerprint density at radius 3 is 2.82 bits per heavy atom. The van der Waals surface area contributed by atoms with Crippen molar-refractivity contribution in [2.75, 3.05) is 0 Å². The number of carbonyl (C=O) groups is 1. The first-order valence-electron chi connectivity index (χ1n) is 5.06. The highest BCUT2D eigenvalue weighted by Crippen LogP contribution is 2.06. The van der Waals surface area contributed by atoms with Crippen molar-refractivity contribution in [2.45, 2.75) is 26.8 Å². The van der Waals surface area contributed by atoms with Crippen molar-refractivity contribution in [1.29, 1.82) is 0 Å². The molecule has 0 fully saturated rings. The minimum atomic E-state index is -1.10. The van der Waals surface area contributed by atoms with Gasteiger partial charge in [0.1, 0.15) is 6.54 Å². The Hall–Kier alpha value is -2.25. The maximum atomic E-state index is 10.8. The summed E-state index contributed by atoms with van der Waals surface area (Å²) in [4.78, 5) is 14.9. The lowest BCUT2D eigenvalue weighted by atomic mass is 10.3. The maximum Gasteiger partial charge on any atom is 0.358 e. The van der Waals surface area contributed by atoms with Crippen LogP contribution in [0.3, 0.4) is 0 Å². The molecule has 0 unspecified atom stereocenters. The second kappa shape index (κ2) is 4.32. The van der Waals surface area contributed by atoms with Crippen LogP contribution in [0.5, 0.6) is 0 Å². The highest BCUT2D eigenvalue weighted by molar-refractivity contribution is 5.86. The van der Waals surface area contributed by atoms with Gasteiger partial charge in [-0.05, 0) is 6.92 Å². The third kappa shape index (κ3) is 2.14. The van der Waals surface area contributed by atoms with Gasteiger partial charge in [0.2, 0.25) is 5.89 Å². The fraction of sp³-hybridized carbons (Fsp3) is 0.444. The van der Waals surface area contributed by atoms with Crippen molar-refractivity contribution in [1.82, 2.24) is 25.1 Å². The molecular formula is C9H11N5O3. The second-order valence-corrected chi connectivity index (χ2v) is 3.44. The molecule has 0 saturated carbocycles. The van der Waals surface area contributed by atoms with Gasteiger partial charge in [-0.15, -0.1) is 5.10 Å². The van der Waals surface area contributed by atoms with Crippen LogP contribution in [0.25, 0.3) is 0 Å². The van der Waals surface area contributed by atoms with Crippen LogP contribution >= 0.6 is 0 Å². The molecule has 0 atom stereocenters. The van der Waals surface area contributed by atoms with Gasteiger partial charge in [-0.25, -0.2) is 9.48 Å². The van der Waals surface area contributed by atoms with Gasteiger partial charge in [-0.2, -0.15) is 4.98 Å². The molecule has 2 aromatic heterocycles. The van der Waals surface area contributed by atoms with Crippen molar-refractivity contribution in [3.63, 3.8) is 0 Å². The minimum absolute atomic E-state index is 0.0692. The van der Waals surface area contributed by atoms with Gasteiger partial charge in [0, 0.05) is 6.42 Å². The maximum absolute atomic E-state index is 10.8. The Kier molecular flexibility index (Phi) is 2.86. The van der Waals surface area contributed by atoms with E-state index in [1.807, 2.05) is 6.92 Å². The molecule has 0 amide bonds. The molecule has 2 rings (SSSR count). The van der Waals surface area contributed by atoms with Gasteiger partial charge in [0.05, 0.1) is 5.69 Å². The third-order valence-electron chi connectivity index (χ3n) is 2.30. The number of aromatic carboxylic acids is 1. The SMILES string of the molecule is CCc1noc(Cn2nnc(C(=O)O)c2C)n1. The summed E-state index contributed by atoms with van der Waals surface area (Å²) in [6.07, 6.45) is 0.681. The fourth-order valence-electron chi connectivity index (χ4n) is 1.33. The zero-order valence-corrected chi connectivity index (χ0v) is 9.41. The summed E-state index contributed by atoms with van der Waals surface area (Å²) in [5.74, 6) is -0.114. The average Bonchev–Trinajstić information content (AvgIpc) is 2.87. The van der Waals surface area contributed by atoms with Crippen LogP contribution in [-0.2, 0) is 13.0 Å². The highest BCUT2D eigenvalue weighted by atomic mass is 16.5. The molecule has 0 spiro atoms. The number of aromatic nitrogens is 5. The molecule has 2 heterocycles. The Labute approximate surface area is 96.2 Å². The summed E-state index contributed by atoms with van der Waals surface area (Å²) in [7, 11) is 0. The zero-order valence-electron chi connectivity index (χ0n) is 9.41. The highest BCUT2D eigenvalue weighted by Gasteiger charge is 2.16. The lowest BCUT2D eigenvalue weighted by Gasteiger charge is -1.97. The average molecular weight is 237 g/mol. The summed E-state index contributed by atoms with van der Waals surface area (Å²) < 4.78 is 6.40. The standard InChI is InChI=1S/C9H11N5O3/c1-3-6-10-7(17-12-6)4-14-5(2)8(9(15)16)11-13-14/h3-4H2,1-2H3,(H,15,16). The predicted molar refractivity (Wildman–Crippen MR) is 54.5 cm³/mol. The third-order valence-corrected chi connectivity index (χ3v) is 2.30. The number of nitrogens with zero attached hydrogens (tertiary/aromatic N) is 5. The quantitative estimate of drug-likeness (QED) is 0.813. The van der Waals surface area contributed by atoms with Crippen LogP contribution in [0.1, 0.15) is 34.8 Å². The van der Waals surface area contributed by atoms with E-state index in [1.54, 1.807) is 6.92 Å². The smallest absolute Gasteiger partial charge is 0.358 e. The van der Waals surface area contributed by atoms with E-state index in [2.05, 4.69) is 20.5 Å². The molecule has 0 aliphatic carbocycles. The molecule has 8 heteroatoms. The van der Waals surface area contributed by atoms with Crippen molar-refractivity contribution in [2.24, 2.45) is 0 Å². The molecule has 0 saturated heterocycles. The van der Waals surface area contributed by atoms with Gasteiger partial charge in [-0.3, -0.25) is 0 Å². The topological polar surface area (TPSA) is 107 Å². The minimum Gasteiger partial charge on any atom is -0.476 e. The van der Waals surface area contributed by atoms with Crippen molar-refractivity contribution >= 4 is 5.97 Å². The van der Waals surface area contributed by atoms with E-state index in [9.17, 15) is 4.79 Å². The summed E-state index contributed by atoms with van der Waals surface area (Å²) in [6, 6.07) is 0. The molecule has 0 aromatic carbocycles. The second-order valence-electron chi connectivity index (χ2n) is 3.44. The molecule has 90 valence electrons. The molecule has 8 nitrogen and oxygen atoms in total. The van der Waals surface area contributed by atoms with Crippen LogP contribution in [0.4, 0.5) is 0 Å². The first-order chi connectivity index (χ1) is 8.11. The molecule has 2 aromatic rings. The monoisotopic (exact) mass is 237 g/mol. The van der Waals surface area contributed by atoms with E-state index < -0.39 is 5.97 Å². The lowest BCUT2D eigenvalue weighted by molar-refractivity contribution is 0.0689. The van der Waals surface area contributed by atoms with Crippen molar-refractivity contribution < 1.29 is 14.4 Å². The molecule has 0 radical (unpaired) electrons. The largest absolute Gasteiger partial charge is 0.476 e. The number of rotatable bonds is 4. The fourth-order valence-corrected chi connectivity index (χ4v) is 1.33. The van der Waals surface area contributed by atoms with E-state index >= 15 is 0 Å². The summed E-state index contributed by atoms with van der Waals surface area (Å²) in [5, 5.41) is 19.8. The number of carboxylic acid groups (broad SMARTS) is 1. The summed E-state index contributed by atoms with van der Waals surface area (Å²) >= 11 is 0. The number of hydrogen-bond acceptors (Lipinski definition) is 6. The van der Waals surface area contributed by atoms with Crippen LogP contribution in [0.2, 0.25) is 0 Å². The van der Waals surface area contributed by atoms with Gasteiger partial charge in [-0.1, -0.05) is 17.3 Å². The molecule has 1 N–H and O–H groups in total. The van der Waals surface area contributed by atoms with E-state index in [0.717, 1.165) is 0 Å². The molecule has 0 bridgehead atoms. The Bertz CT molecular complexity index is 545. The lowest BCUT2D eigenvalue weighted by Crippen LogP contribution is -2.06. The molecular weight excluding hydrogens is 226 g/mol. The van der Waals surface area contributed by atoms with Crippen LogP contribution in [0, 0.1) is 6.92 Å². The Morgan fingerprint density at radius 2 is 2.29 bits per heavy atom. The van der Waals surface area contributed by atoms with Gasteiger partial charge in [0.15, 0.2) is 11.5 Å². The Morgan fingerprint density at radius 1 is 1.53 bits per heavy atom. The summed E-state index contributed by atoms with van der Waals surface area (Å²) in [6.45, 7) is 3.76. The number of carboxylic acids is 1. The van der Waals surface area contributed by atoms with E-state index in [4.69, 9.17) is 9.63 Å². The molecule has 0 aliphatic heterocycles. The zero-order chi connectivity index (χ0) is 12.4. The van der Waals surface area contributed by atoms with Crippen LogP contribution < -0.4 is 0 Å². The van der Waals surface area contributed by atoms with Gasteiger partial charge < -0.3 is 9.63 Å². The van der Waals surface area contributed by atoms with Gasteiger partial charge >= 0.3 is 5.97 Å². The van der Waals surface area contributed by atoms with E-state index in [1.165, 1.54) is 4.68 Å². The van der Waals surface area contributed by atoms with E-state index in [-0.39, 0.29) is 12.2 Å². The van der Waals surface area contributed by atoms with E-state index in [0.29, 0.717) is 23.8 Å². The van der Waals surface area contributed by atoms with Crippen LogP contribution in [-0.4, -0.2) is 36.2 Å². The van der Waals surface area contributed by atoms with Gasteiger partial charge in [0.25, 0.3) is 0 Å². The number of hydrogen-bond donors (Lipinski definition) is 1. The van der Waals surface area contributed by atoms with Crippen LogP contribution in [0.15, 0.2) is 4.52 Å². The Balaban J connectivity index is 2.21. The first-order valence-corrected chi connectivity index (χ1v) is 5.06. The predicted octanol–water partition coefficient (Wildman–Crippen LogP) is 0.278.